The number of aromatic hydroxyl groups is 1. The first-order chi connectivity index (χ1) is 6.04. The normalized spacial score (nSPS) is 12.5. The molecular weight excluding hydrogens is 195 g/mol. The van der Waals surface area contributed by atoms with Gasteiger partial charge in [-0.2, -0.15) is 0 Å². The lowest BCUT2D eigenvalue weighted by molar-refractivity contribution is 0.0985. The quantitative estimate of drug-likeness (QED) is 0.591. The van der Waals surface area contributed by atoms with E-state index >= 15 is 0 Å². The van der Waals surface area contributed by atoms with Crippen LogP contribution in [0.15, 0.2) is 18.2 Å². The van der Waals surface area contributed by atoms with E-state index in [1.807, 2.05) is 0 Å². The van der Waals surface area contributed by atoms with E-state index in [-0.39, 0.29) is 11.3 Å². The fraction of sp³-hybridized carbons (Fsp3) is 0.222. The Balaban J connectivity index is 3.20. The maximum absolute atomic E-state index is 13.0. The number of phenolic OH excluding ortho intramolecular Hbond substituents is 1. The van der Waals surface area contributed by atoms with E-state index in [4.69, 9.17) is 11.6 Å². The van der Waals surface area contributed by atoms with Gasteiger partial charge in [0, 0.05) is 0 Å². The molecule has 0 spiro atoms. The fourth-order valence-corrected chi connectivity index (χ4v) is 1.06. The highest BCUT2D eigenvalue weighted by Crippen LogP contribution is 2.22. The maximum atomic E-state index is 13.0. The molecule has 0 fully saturated rings. The van der Waals surface area contributed by atoms with E-state index in [9.17, 15) is 14.3 Å². The first-order valence-electron chi connectivity index (χ1n) is 3.69. The minimum atomic E-state index is -0.845. The number of Topliss-reactive ketones (excluding diaryl/α,β-unsaturated/α-hetero) is 1. The topological polar surface area (TPSA) is 37.3 Å². The fourth-order valence-electron chi connectivity index (χ4n) is 0.956. The number of phenols is 1. The third kappa shape index (κ3) is 1.98. The molecule has 0 saturated carbocycles. The molecule has 0 saturated heterocycles. The number of alkyl halides is 1. The summed E-state index contributed by atoms with van der Waals surface area (Å²) in [6.45, 7) is 1.43. The van der Waals surface area contributed by atoms with Crippen LogP contribution in [0.25, 0.3) is 0 Å². The molecule has 1 atom stereocenters. The van der Waals surface area contributed by atoms with E-state index in [0.717, 1.165) is 6.07 Å². The largest absolute Gasteiger partial charge is 0.507 e. The van der Waals surface area contributed by atoms with Crippen LogP contribution in [0.5, 0.6) is 5.75 Å². The first kappa shape index (κ1) is 9.99. The molecule has 0 amide bonds. The minimum Gasteiger partial charge on any atom is -0.507 e. The highest BCUT2D eigenvalue weighted by Gasteiger charge is 2.20. The van der Waals surface area contributed by atoms with Gasteiger partial charge in [0.05, 0.1) is 10.9 Å². The molecule has 1 rings (SSSR count). The van der Waals surface area contributed by atoms with Gasteiger partial charge in [0.15, 0.2) is 5.78 Å². The van der Waals surface area contributed by atoms with Crippen molar-refractivity contribution in [1.29, 1.82) is 0 Å². The van der Waals surface area contributed by atoms with Crippen molar-refractivity contribution in [2.45, 2.75) is 12.3 Å². The molecule has 0 aliphatic heterocycles. The molecule has 0 aliphatic carbocycles. The summed E-state index contributed by atoms with van der Waals surface area (Å²) in [6, 6.07) is 3.67. The van der Waals surface area contributed by atoms with E-state index in [0.29, 0.717) is 0 Å². The number of rotatable bonds is 2. The van der Waals surface area contributed by atoms with Crippen LogP contribution in [0.3, 0.4) is 0 Å². The predicted octanol–water partition coefficient (Wildman–Crippen LogP) is 2.34. The van der Waals surface area contributed by atoms with E-state index < -0.39 is 17.0 Å². The molecule has 1 N–H and O–H groups in total. The molecule has 1 aromatic carbocycles. The van der Waals surface area contributed by atoms with Crippen LogP contribution in [-0.4, -0.2) is 16.3 Å². The standard InChI is InChI=1S/C9H8ClFO2/c1-5(10)9(13)8-6(11)3-2-4-7(8)12/h2-5,12H,1H3. The van der Waals surface area contributed by atoms with Crippen LogP contribution in [0.4, 0.5) is 4.39 Å². The van der Waals surface area contributed by atoms with Gasteiger partial charge in [-0.25, -0.2) is 4.39 Å². The molecule has 4 heteroatoms. The number of hydrogen-bond acceptors (Lipinski definition) is 2. The summed E-state index contributed by atoms with van der Waals surface area (Å²) in [5.74, 6) is -1.74. The van der Waals surface area contributed by atoms with Gasteiger partial charge in [-0.3, -0.25) is 4.79 Å². The average Bonchev–Trinajstić information content (AvgIpc) is 2.03. The molecular formula is C9H8ClFO2. The lowest BCUT2D eigenvalue weighted by Gasteiger charge is -2.05. The Hall–Kier alpha value is -1.09. The summed E-state index contributed by atoms with van der Waals surface area (Å²) in [5, 5.41) is 8.35. The highest BCUT2D eigenvalue weighted by molar-refractivity contribution is 6.33. The average molecular weight is 203 g/mol. The number of carbonyl (C=O) groups excluding carboxylic acids is 1. The highest BCUT2D eigenvalue weighted by atomic mass is 35.5. The summed E-state index contributed by atoms with van der Waals surface area (Å²) in [5.41, 5.74) is -0.343. The Morgan fingerprint density at radius 2 is 2.23 bits per heavy atom. The number of hydrogen-bond donors (Lipinski definition) is 1. The van der Waals surface area contributed by atoms with Gasteiger partial charge in [0.25, 0.3) is 0 Å². The van der Waals surface area contributed by atoms with Gasteiger partial charge < -0.3 is 5.11 Å². The van der Waals surface area contributed by atoms with Crippen LogP contribution in [0, 0.1) is 5.82 Å². The van der Waals surface area contributed by atoms with Gasteiger partial charge in [-0.15, -0.1) is 11.6 Å². The second kappa shape index (κ2) is 3.75. The van der Waals surface area contributed by atoms with Crippen molar-refractivity contribution in [2.24, 2.45) is 0 Å². The number of halogens is 2. The lowest BCUT2D eigenvalue weighted by Crippen LogP contribution is -2.12. The zero-order valence-corrected chi connectivity index (χ0v) is 7.68. The maximum Gasteiger partial charge on any atom is 0.187 e. The molecule has 0 aromatic heterocycles. The third-order valence-electron chi connectivity index (χ3n) is 1.60. The Bertz CT molecular complexity index is 316. The number of ketones is 1. The van der Waals surface area contributed by atoms with Crippen molar-refractivity contribution in [1.82, 2.24) is 0 Å². The monoisotopic (exact) mass is 202 g/mol. The summed E-state index contributed by atoms with van der Waals surface area (Å²) in [7, 11) is 0. The van der Waals surface area contributed by atoms with Gasteiger partial charge in [0.2, 0.25) is 0 Å². The van der Waals surface area contributed by atoms with Crippen LogP contribution < -0.4 is 0 Å². The second-order valence-corrected chi connectivity index (χ2v) is 3.27. The molecule has 1 aromatic rings. The van der Waals surface area contributed by atoms with Gasteiger partial charge >= 0.3 is 0 Å². The summed E-state index contributed by atoms with van der Waals surface area (Å²) in [6.07, 6.45) is 0. The number of carbonyl (C=O) groups is 1. The summed E-state index contributed by atoms with van der Waals surface area (Å²) >= 11 is 5.48. The lowest BCUT2D eigenvalue weighted by atomic mass is 10.1. The molecule has 70 valence electrons. The van der Waals surface area contributed by atoms with Gasteiger partial charge in [0.1, 0.15) is 11.6 Å². The molecule has 13 heavy (non-hydrogen) atoms. The van der Waals surface area contributed by atoms with Gasteiger partial charge in [-0.1, -0.05) is 6.07 Å². The molecule has 0 bridgehead atoms. The van der Waals surface area contributed by atoms with Crippen molar-refractivity contribution in [2.75, 3.05) is 0 Å². The summed E-state index contributed by atoms with van der Waals surface area (Å²) in [4.78, 5) is 11.3. The first-order valence-corrected chi connectivity index (χ1v) is 4.13. The van der Waals surface area contributed by atoms with Crippen LogP contribution in [-0.2, 0) is 0 Å². The Morgan fingerprint density at radius 3 is 2.69 bits per heavy atom. The zero-order chi connectivity index (χ0) is 10.0. The van der Waals surface area contributed by atoms with Crippen molar-refractivity contribution in [3.8, 4) is 5.75 Å². The Morgan fingerprint density at radius 1 is 1.62 bits per heavy atom. The van der Waals surface area contributed by atoms with Gasteiger partial charge in [-0.05, 0) is 19.1 Å². The van der Waals surface area contributed by atoms with Crippen molar-refractivity contribution < 1.29 is 14.3 Å². The molecule has 0 heterocycles. The van der Waals surface area contributed by atoms with Crippen LogP contribution in [0.1, 0.15) is 17.3 Å². The Labute approximate surface area is 80.0 Å². The summed E-state index contributed by atoms with van der Waals surface area (Å²) < 4.78 is 13.0. The zero-order valence-electron chi connectivity index (χ0n) is 6.92. The van der Waals surface area contributed by atoms with E-state index in [1.54, 1.807) is 0 Å². The van der Waals surface area contributed by atoms with E-state index in [2.05, 4.69) is 0 Å². The molecule has 2 nitrogen and oxygen atoms in total. The molecule has 0 radical (unpaired) electrons. The van der Waals surface area contributed by atoms with Crippen molar-refractivity contribution >= 4 is 17.4 Å². The number of benzene rings is 1. The second-order valence-electron chi connectivity index (χ2n) is 2.61. The van der Waals surface area contributed by atoms with E-state index in [1.165, 1.54) is 19.1 Å². The van der Waals surface area contributed by atoms with Crippen molar-refractivity contribution in [3.63, 3.8) is 0 Å². The Kier molecular flexibility index (Phi) is 2.88. The predicted molar refractivity (Wildman–Crippen MR) is 47.7 cm³/mol. The van der Waals surface area contributed by atoms with Crippen molar-refractivity contribution in [3.05, 3.63) is 29.6 Å². The van der Waals surface area contributed by atoms with Crippen LogP contribution >= 0.6 is 11.6 Å². The third-order valence-corrected chi connectivity index (χ3v) is 1.80. The SMILES string of the molecule is CC(Cl)C(=O)c1c(O)cccc1F. The van der Waals surface area contributed by atoms with Crippen LogP contribution in [0.2, 0.25) is 0 Å². The molecule has 1 unspecified atom stereocenters. The minimum absolute atomic E-state index is 0.343. The smallest absolute Gasteiger partial charge is 0.187 e. The molecule has 0 aliphatic rings.